The van der Waals surface area contributed by atoms with E-state index >= 15 is 0 Å². The minimum absolute atomic E-state index is 0.0343. The second kappa shape index (κ2) is 6.59. The fourth-order valence-corrected chi connectivity index (χ4v) is 3.51. The summed E-state index contributed by atoms with van der Waals surface area (Å²) < 4.78 is 0.892. The highest BCUT2D eigenvalue weighted by molar-refractivity contribution is 9.10. The second-order valence-corrected chi connectivity index (χ2v) is 8.03. The van der Waals surface area contributed by atoms with Crippen LogP contribution in [0, 0.1) is 0 Å². The Morgan fingerprint density at radius 3 is 2.41 bits per heavy atom. The lowest BCUT2D eigenvalue weighted by Crippen LogP contribution is -2.54. The lowest BCUT2D eigenvalue weighted by atomic mass is 9.94. The van der Waals surface area contributed by atoms with Crippen molar-refractivity contribution in [1.29, 1.82) is 0 Å². The number of hydrogen-bond donors (Lipinski definition) is 1. The molecule has 1 saturated heterocycles. The third kappa shape index (κ3) is 3.82. The number of piperidine rings is 1. The van der Waals surface area contributed by atoms with Crippen molar-refractivity contribution in [3.05, 3.63) is 28.2 Å². The predicted molar refractivity (Wildman–Crippen MR) is 95.0 cm³/mol. The average molecular weight is 368 g/mol. The van der Waals surface area contributed by atoms with Crippen LogP contribution in [0.4, 0.5) is 5.69 Å². The molecule has 1 heterocycles. The van der Waals surface area contributed by atoms with Gasteiger partial charge in [0.25, 0.3) is 5.91 Å². The number of benzene rings is 1. The minimum Gasteiger partial charge on any atom is -0.398 e. The van der Waals surface area contributed by atoms with Crippen LogP contribution in [0.3, 0.4) is 0 Å². The smallest absolute Gasteiger partial charge is 0.256 e. The van der Waals surface area contributed by atoms with E-state index in [4.69, 9.17) is 5.73 Å². The SMILES string of the molecule is CN1CCC(N(C(=O)c2ccc(Br)cc2N)C(C)(C)C)CC1. The topological polar surface area (TPSA) is 49.6 Å². The number of nitrogens with zero attached hydrogens (tertiary/aromatic N) is 2. The van der Waals surface area contributed by atoms with Crippen LogP contribution in [0.1, 0.15) is 44.0 Å². The first-order valence-electron chi connectivity index (χ1n) is 7.77. The quantitative estimate of drug-likeness (QED) is 0.815. The second-order valence-electron chi connectivity index (χ2n) is 7.11. The average Bonchev–Trinajstić information content (AvgIpc) is 2.39. The maximum atomic E-state index is 13.1. The van der Waals surface area contributed by atoms with Crippen LogP contribution in [0.2, 0.25) is 0 Å². The van der Waals surface area contributed by atoms with Crippen LogP contribution in [-0.4, -0.2) is 47.4 Å². The Morgan fingerprint density at radius 2 is 1.91 bits per heavy atom. The molecule has 1 aliphatic rings. The predicted octanol–water partition coefficient (Wildman–Crippen LogP) is 3.37. The molecule has 2 rings (SSSR count). The first kappa shape index (κ1) is 17.3. The maximum absolute atomic E-state index is 13.1. The van der Waals surface area contributed by atoms with Gasteiger partial charge >= 0.3 is 0 Å². The number of halogens is 1. The number of hydrogen-bond acceptors (Lipinski definition) is 3. The molecule has 1 amide bonds. The number of carbonyl (C=O) groups is 1. The van der Waals surface area contributed by atoms with E-state index in [1.165, 1.54) is 0 Å². The highest BCUT2D eigenvalue weighted by Gasteiger charge is 2.35. The van der Waals surface area contributed by atoms with Crippen molar-refractivity contribution in [2.24, 2.45) is 0 Å². The summed E-state index contributed by atoms with van der Waals surface area (Å²) in [6.07, 6.45) is 2.02. The van der Waals surface area contributed by atoms with Gasteiger partial charge in [0, 0.05) is 21.7 Å². The molecule has 1 aromatic rings. The molecule has 4 nitrogen and oxygen atoms in total. The number of anilines is 1. The summed E-state index contributed by atoms with van der Waals surface area (Å²) in [7, 11) is 2.13. The van der Waals surface area contributed by atoms with E-state index in [1.807, 2.05) is 17.0 Å². The standard InChI is InChI=1S/C17H26BrN3O/c1-17(2,3)21(13-7-9-20(4)10-8-13)16(22)14-6-5-12(18)11-15(14)19/h5-6,11,13H,7-10,19H2,1-4H3. The normalized spacial score (nSPS) is 17.5. The van der Waals surface area contributed by atoms with Crippen LogP contribution in [0.5, 0.6) is 0 Å². The molecule has 0 unspecified atom stereocenters. The Kier molecular flexibility index (Phi) is 5.17. The lowest BCUT2D eigenvalue weighted by Gasteiger charge is -2.45. The Hall–Kier alpha value is -1.07. The Balaban J connectivity index is 2.31. The summed E-state index contributed by atoms with van der Waals surface area (Å²) in [6.45, 7) is 8.34. The van der Waals surface area contributed by atoms with Crippen molar-refractivity contribution in [1.82, 2.24) is 9.80 Å². The van der Waals surface area contributed by atoms with Gasteiger partial charge in [-0.2, -0.15) is 0 Å². The summed E-state index contributed by atoms with van der Waals surface area (Å²) in [6, 6.07) is 5.75. The molecule has 0 spiro atoms. The molecule has 0 radical (unpaired) electrons. The van der Waals surface area contributed by atoms with E-state index in [9.17, 15) is 4.79 Å². The largest absolute Gasteiger partial charge is 0.398 e. The van der Waals surface area contributed by atoms with Gasteiger partial charge in [0.15, 0.2) is 0 Å². The van der Waals surface area contributed by atoms with Gasteiger partial charge < -0.3 is 15.5 Å². The van der Waals surface area contributed by atoms with Crippen LogP contribution >= 0.6 is 15.9 Å². The zero-order valence-electron chi connectivity index (χ0n) is 13.9. The molecule has 1 aliphatic heterocycles. The summed E-state index contributed by atoms with van der Waals surface area (Å²) >= 11 is 3.39. The van der Waals surface area contributed by atoms with Gasteiger partial charge in [-0.05, 0) is 71.9 Å². The summed E-state index contributed by atoms with van der Waals surface area (Å²) in [5.41, 5.74) is 6.97. The Bertz CT molecular complexity index is 545. The van der Waals surface area contributed by atoms with Crippen molar-refractivity contribution in [3.8, 4) is 0 Å². The zero-order chi connectivity index (χ0) is 16.5. The fraction of sp³-hybridized carbons (Fsp3) is 0.588. The molecule has 1 fully saturated rings. The van der Waals surface area contributed by atoms with Gasteiger partial charge in [-0.3, -0.25) is 4.79 Å². The molecular formula is C17H26BrN3O. The fourth-order valence-electron chi connectivity index (χ4n) is 3.13. The van der Waals surface area contributed by atoms with Crippen LogP contribution in [0.25, 0.3) is 0 Å². The number of nitrogen functional groups attached to an aromatic ring is 1. The van der Waals surface area contributed by atoms with E-state index in [0.717, 1.165) is 30.4 Å². The molecule has 22 heavy (non-hydrogen) atoms. The highest BCUT2D eigenvalue weighted by atomic mass is 79.9. The van der Waals surface area contributed by atoms with Crippen molar-refractivity contribution in [2.75, 3.05) is 25.9 Å². The Labute approximate surface area is 141 Å². The van der Waals surface area contributed by atoms with Crippen LogP contribution in [-0.2, 0) is 0 Å². The third-order valence-corrected chi connectivity index (χ3v) is 4.73. The molecule has 0 aromatic heterocycles. The molecule has 5 heteroatoms. The summed E-state index contributed by atoms with van der Waals surface area (Å²) in [5, 5.41) is 0. The van der Waals surface area contributed by atoms with Gasteiger partial charge in [0.2, 0.25) is 0 Å². The summed E-state index contributed by atoms with van der Waals surface area (Å²) in [4.78, 5) is 17.5. The monoisotopic (exact) mass is 367 g/mol. The van der Waals surface area contributed by atoms with Gasteiger partial charge in [0.1, 0.15) is 0 Å². The van der Waals surface area contributed by atoms with Crippen molar-refractivity contribution < 1.29 is 4.79 Å². The van der Waals surface area contributed by atoms with Crippen molar-refractivity contribution in [2.45, 2.75) is 45.2 Å². The molecule has 122 valence electrons. The third-order valence-electron chi connectivity index (χ3n) is 4.24. The van der Waals surface area contributed by atoms with Gasteiger partial charge in [-0.15, -0.1) is 0 Å². The molecule has 0 atom stereocenters. The zero-order valence-corrected chi connectivity index (χ0v) is 15.5. The van der Waals surface area contributed by atoms with E-state index in [2.05, 4.69) is 48.6 Å². The number of carbonyl (C=O) groups excluding carboxylic acids is 1. The molecule has 2 N–H and O–H groups in total. The van der Waals surface area contributed by atoms with Gasteiger partial charge in [-0.25, -0.2) is 0 Å². The Morgan fingerprint density at radius 1 is 1.32 bits per heavy atom. The van der Waals surface area contributed by atoms with Crippen molar-refractivity contribution in [3.63, 3.8) is 0 Å². The molecule has 0 saturated carbocycles. The van der Waals surface area contributed by atoms with Gasteiger partial charge in [0.05, 0.1) is 5.56 Å². The van der Waals surface area contributed by atoms with E-state index in [1.54, 1.807) is 6.07 Å². The molecule has 1 aromatic carbocycles. The van der Waals surface area contributed by atoms with Crippen LogP contribution < -0.4 is 5.73 Å². The number of rotatable bonds is 2. The maximum Gasteiger partial charge on any atom is 0.256 e. The first-order valence-corrected chi connectivity index (χ1v) is 8.56. The minimum atomic E-state index is -0.225. The molecule has 0 aliphatic carbocycles. The number of likely N-dealkylation sites (tertiary alicyclic amines) is 1. The first-order chi connectivity index (χ1) is 10.2. The van der Waals surface area contributed by atoms with Crippen LogP contribution in [0.15, 0.2) is 22.7 Å². The number of nitrogens with two attached hydrogens (primary N) is 1. The van der Waals surface area contributed by atoms with E-state index in [-0.39, 0.29) is 17.5 Å². The lowest BCUT2D eigenvalue weighted by molar-refractivity contribution is 0.0309. The van der Waals surface area contributed by atoms with E-state index in [0.29, 0.717) is 11.3 Å². The molecule has 0 bridgehead atoms. The van der Waals surface area contributed by atoms with Gasteiger partial charge in [-0.1, -0.05) is 15.9 Å². The van der Waals surface area contributed by atoms with E-state index < -0.39 is 0 Å². The van der Waals surface area contributed by atoms with Crippen molar-refractivity contribution >= 4 is 27.5 Å². The summed E-state index contributed by atoms with van der Waals surface area (Å²) in [5.74, 6) is 0.0343. The highest BCUT2D eigenvalue weighted by Crippen LogP contribution is 2.29. The number of amides is 1. The molecular weight excluding hydrogens is 342 g/mol.